The van der Waals surface area contributed by atoms with Gasteiger partial charge in [-0.1, -0.05) is 11.6 Å². The molecule has 0 aliphatic heterocycles. The molecule has 0 atom stereocenters. The molecule has 0 bridgehead atoms. The molecule has 0 aliphatic rings. The van der Waals surface area contributed by atoms with Crippen molar-refractivity contribution in [1.82, 2.24) is 4.98 Å². The summed E-state index contributed by atoms with van der Waals surface area (Å²) in [6.07, 6.45) is 0. The van der Waals surface area contributed by atoms with Gasteiger partial charge in [-0.05, 0) is 12.1 Å². The fraction of sp³-hybridized carbons (Fsp3) is 0. The SMILES string of the molecule is Cl.N#Cc1ccc(C(=O)O)nc1Cl. The van der Waals surface area contributed by atoms with Gasteiger partial charge in [0, 0.05) is 0 Å². The second-order valence-electron chi connectivity index (χ2n) is 1.95. The number of carboxylic acid groups (broad SMARTS) is 1. The van der Waals surface area contributed by atoms with Crippen molar-refractivity contribution in [1.29, 1.82) is 5.26 Å². The van der Waals surface area contributed by atoms with Gasteiger partial charge in [0.25, 0.3) is 0 Å². The first-order valence-electron chi connectivity index (χ1n) is 2.95. The predicted molar refractivity (Wildman–Crippen MR) is 48.2 cm³/mol. The molecule has 0 fully saturated rings. The summed E-state index contributed by atoms with van der Waals surface area (Å²) in [5, 5.41) is 16.8. The third-order valence-electron chi connectivity index (χ3n) is 1.19. The molecule has 0 radical (unpaired) electrons. The van der Waals surface area contributed by atoms with E-state index in [1.165, 1.54) is 12.1 Å². The molecule has 0 aromatic carbocycles. The Bertz CT molecular complexity index is 373. The second-order valence-corrected chi connectivity index (χ2v) is 2.31. The maximum Gasteiger partial charge on any atom is 0.354 e. The summed E-state index contributed by atoms with van der Waals surface area (Å²) in [5.41, 5.74) is 0.000617. The van der Waals surface area contributed by atoms with E-state index in [0.29, 0.717) is 0 Å². The monoisotopic (exact) mass is 218 g/mol. The summed E-state index contributed by atoms with van der Waals surface area (Å²) in [4.78, 5) is 13.8. The molecule has 1 rings (SSSR count). The number of halogens is 2. The van der Waals surface area contributed by atoms with Crippen LogP contribution in [0.5, 0.6) is 0 Å². The van der Waals surface area contributed by atoms with Crippen LogP contribution in [-0.4, -0.2) is 16.1 Å². The number of pyridine rings is 1. The van der Waals surface area contributed by atoms with Crippen LogP contribution in [0.25, 0.3) is 0 Å². The minimum atomic E-state index is -1.17. The number of aromatic nitrogens is 1. The van der Waals surface area contributed by atoms with Gasteiger partial charge in [0.2, 0.25) is 0 Å². The molecule has 0 saturated heterocycles. The predicted octanol–water partition coefficient (Wildman–Crippen LogP) is 1.73. The normalized spacial score (nSPS) is 8.31. The maximum absolute atomic E-state index is 10.3. The standard InChI is InChI=1S/C7H3ClN2O2.ClH/c8-6-4(3-9)1-2-5(10-6)7(11)12;/h1-2H,(H,11,12);1H. The molecule has 13 heavy (non-hydrogen) atoms. The number of hydrogen-bond donors (Lipinski definition) is 1. The number of hydrogen-bond acceptors (Lipinski definition) is 3. The van der Waals surface area contributed by atoms with Gasteiger partial charge in [0.1, 0.15) is 16.9 Å². The fourth-order valence-electron chi connectivity index (χ4n) is 0.637. The van der Waals surface area contributed by atoms with E-state index in [1.807, 2.05) is 0 Å². The summed E-state index contributed by atoms with van der Waals surface area (Å²) < 4.78 is 0. The van der Waals surface area contributed by atoms with Gasteiger partial charge < -0.3 is 5.11 Å². The van der Waals surface area contributed by atoms with Crippen LogP contribution in [0.15, 0.2) is 12.1 Å². The van der Waals surface area contributed by atoms with Gasteiger partial charge in [0.15, 0.2) is 0 Å². The highest BCUT2D eigenvalue weighted by Gasteiger charge is 2.07. The van der Waals surface area contributed by atoms with Crippen LogP contribution in [-0.2, 0) is 0 Å². The van der Waals surface area contributed by atoms with E-state index in [1.54, 1.807) is 6.07 Å². The Balaban J connectivity index is 0.00000144. The summed E-state index contributed by atoms with van der Waals surface area (Å²) in [5.74, 6) is -1.17. The first-order chi connectivity index (χ1) is 5.65. The zero-order valence-electron chi connectivity index (χ0n) is 6.19. The van der Waals surface area contributed by atoms with Crippen LogP contribution in [0.1, 0.15) is 16.1 Å². The number of aromatic carboxylic acids is 1. The van der Waals surface area contributed by atoms with E-state index >= 15 is 0 Å². The van der Waals surface area contributed by atoms with E-state index in [0.717, 1.165) is 0 Å². The Hall–Kier alpha value is -1.31. The highest BCUT2D eigenvalue weighted by Crippen LogP contribution is 2.12. The van der Waals surface area contributed by atoms with Crippen LogP contribution in [0.3, 0.4) is 0 Å². The molecule has 1 heterocycles. The molecule has 6 heteroatoms. The van der Waals surface area contributed by atoms with Crippen LogP contribution < -0.4 is 0 Å². The average molecular weight is 219 g/mol. The fourth-order valence-corrected chi connectivity index (χ4v) is 0.833. The quantitative estimate of drug-likeness (QED) is 0.729. The zero-order chi connectivity index (χ0) is 9.14. The van der Waals surface area contributed by atoms with E-state index < -0.39 is 5.97 Å². The number of nitriles is 1. The summed E-state index contributed by atoms with van der Waals surface area (Å²) in [6.45, 7) is 0. The molecule has 1 N–H and O–H groups in total. The van der Waals surface area contributed by atoms with E-state index in [4.69, 9.17) is 22.0 Å². The zero-order valence-corrected chi connectivity index (χ0v) is 7.76. The number of nitrogens with zero attached hydrogens (tertiary/aromatic N) is 2. The third-order valence-corrected chi connectivity index (χ3v) is 1.48. The minimum absolute atomic E-state index is 0. The van der Waals surface area contributed by atoms with Crippen LogP contribution in [0.4, 0.5) is 0 Å². The Kier molecular flexibility index (Phi) is 4.18. The molecule has 4 nitrogen and oxygen atoms in total. The Morgan fingerprint density at radius 1 is 1.62 bits per heavy atom. The largest absolute Gasteiger partial charge is 0.477 e. The average Bonchev–Trinajstić information content (AvgIpc) is 2.04. The van der Waals surface area contributed by atoms with Crippen molar-refractivity contribution >= 4 is 30.0 Å². The van der Waals surface area contributed by atoms with Gasteiger partial charge in [-0.2, -0.15) is 5.26 Å². The molecule has 0 spiro atoms. The lowest BCUT2D eigenvalue weighted by molar-refractivity contribution is 0.0690. The maximum atomic E-state index is 10.3. The molecule has 68 valence electrons. The lowest BCUT2D eigenvalue weighted by Gasteiger charge is -1.95. The molecule has 1 aromatic rings. The highest BCUT2D eigenvalue weighted by molar-refractivity contribution is 6.30. The van der Waals surface area contributed by atoms with Crippen LogP contribution >= 0.6 is 24.0 Å². The lowest BCUT2D eigenvalue weighted by atomic mass is 10.3. The first kappa shape index (κ1) is 11.7. The molecule has 0 aliphatic carbocycles. The first-order valence-corrected chi connectivity index (χ1v) is 3.33. The van der Waals surface area contributed by atoms with Crippen molar-refractivity contribution < 1.29 is 9.90 Å². The van der Waals surface area contributed by atoms with Gasteiger partial charge in [0.05, 0.1) is 5.56 Å². The molecular weight excluding hydrogens is 215 g/mol. The van der Waals surface area contributed by atoms with Crippen LogP contribution in [0, 0.1) is 11.3 Å². The summed E-state index contributed by atoms with van der Waals surface area (Å²) in [6, 6.07) is 4.32. The Morgan fingerprint density at radius 3 is 2.62 bits per heavy atom. The van der Waals surface area contributed by atoms with Crippen molar-refractivity contribution in [3.63, 3.8) is 0 Å². The highest BCUT2D eigenvalue weighted by atomic mass is 35.5. The summed E-state index contributed by atoms with van der Waals surface area (Å²) >= 11 is 5.48. The molecule has 1 aromatic heterocycles. The molecule has 0 saturated carbocycles. The van der Waals surface area contributed by atoms with Crippen LogP contribution in [0.2, 0.25) is 5.15 Å². The Labute approximate surface area is 85.2 Å². The number of rotatable bonds is 1. The smallest absolute Gasteiger partial charge is 0.354 e. The lowest BCUT2D eigenvalue weighted by Crippen LogP contribution is -2.00. The second kappa shape index (κ2) is 4.65. The van der Waals surface area contributed by atoms with Crippen molar-refractivity contribution in [2.24, 2.45) is 0 Å². The van der Waals surface area contributed by atoms with E-state index in [-0.39, 0.29) is 28.8 Å². The van der Waals surface area contributed by atoms with Gasteiger partial charge >= 0.3 is 5.97 Å². The van der Waals surface area contributed by atoms with E-state index in [9.17, 15) is 4.79 Å². The topological polar surface area (TPSA) is 74.0 Å². The van der Waals surface area contributed by atoms with Gasteiger partial charge in [-0.3, -0.25) is 0 Å². The molecule has 0 amide bonds. The van der Waals surface area contributed by atoms with Gasteiger partial charge in [-0.25, -0.2) is 9.78 Å². The van der Waals surface area contributed by atoms with Crippen molar-refractivity contribution in [3.8, 4) is 6.07 Å². The van der Waals surface area contributed by atoms with E-state index in [2.05, 4.69) is 4.98 Å². The number of carbonyl (C=O) groups is 1. The van der Waals surface area contributed by atoms with Gasteiger partial charge in [-0.15, -0.1) is 12.4 Å². The van der Waals surface area contributed by atoms with Crippen molar-refractivity contribution in [2.45, 2.75) is 0 Å². The summed E-state index contributed by atoms with van der Waals surface area (Å²) in [7, 11) is 0. The Morgan fingerprint density at radius 2 is 2.23 bits per heavy atom. The minimum Gasteiger partial charge on any atom is -0.477 e. The van der Waals surface area contributed by atoms with Crippen molar-refractivity contribution in [2.75, 3.05) is 0 Å². The molecule has 0 unspecified atom stereocenters. The molecular formula is C7H4Cl2N2O2. The third kappa shape index (κ3) is 2.58. The van der Waals surface area contributed by atoms with Crippen molar-refractivity contribution in [3.05, 3.63) is 28.5 Å². The number of carboxylic acids is 1.